The van der Waals surface area contributed by atoms with E-state index in [-0.39, 0.29) is 0 Å². The van der Waals surface area contributed by atoms with E-state index in [9.17, 15) is 5.21 Å². The van der Waals surface area contributed by atoms with E-state index in [0.717, 1.165) is 33.9 Å². The van der Waals surface area contributed by atoms with Gasteiger partial charge in [-0.15, -0.1) is 0 Å². The zero-order chi connectivity index (χ0) is 15.4. The maximum atomic E-state index is 10.1. The molecule has 0 amide bonds. The van der Waals surface area contributed by atoms with Crippen LogP contribution in [-0.2, 0) is 6.54 Å². The molecular weight excluding hydrogens is 274 g/mol. The lowest BCUT2D eigenvalue weighted by Gasteiger charge is -2.04. The number of aryl methyl sites for hydroxylation is 1. The summed E-state index contributed by atoms with van der Waals surface area (Å²) in [7, 11) is 0. The molecule has 0 atom stereocenters. The van der Waals surface area contributed by atoms with Crippen LogP contribution in [0.4, 0.5) is 5.69 Å². The second-order valence-corrected chi connectivity index (χ2v) is 5.15. The van der Waals surface area contributed by atoms with Gasteiger partial charge in [-0.3, -0.25) is 5.21 Å². The highest BCUT2D eigenvalue weighted by Gasteiger charge is 2.08. The van der Waals surface area contributed by atoms with Crippen molar-refractivity contribution in [2.75, 3.05) is 0 Å². The first kappa shape index (κ1) is 14.1. The highest BCUT2D eigenvalue weighted by molar-refractivity contribution is 5.76. The van der Waals surface area contributed by atoms with Crippen molar-refractivity contribution in [2.45, 2.75) is 13.5 Å². The zero-order valence-electron chi connectivity index (χ0n) is 12.4. The van der Waals surface area contributed by atoms with Gasteiger partial charge in [0.05, 0.1) is 0 Å². The van der Waals surface area contributed by atoms with Crippen molar-refractivity contribution in [1.29, 1.82) is 0 Å². The maximum Gasteiger partial charge on any atom is 0.257 e. The fraction of sp³-hybridized carbons (Fsp3) is 0.111. The summed E-state index contributed by atoms with van der Waals surface area (Å²) in [6, 6.07) is 17.5. The Labute approximate surface area is 129 Å². The van der Waals surface area contributed by atoms with Crippen molar-refractivity contribution in [3.63, 3.8) is 0 Å². The number of hydrogen-bond donors (Lipinski definition) is 1. The first-order valence-corrected chi connectivity index (χ1v) is 7.17. The van der Waals surface area contributed by atoms with Gasteiger partial charge in [-0.05, 0) is 24.6 Å². The van der Waals surface area contributed by atoms with E-state index in [1.807, 2.05) is 67.7 Å². The predicted octanol–water partition coefficient (Wildman–Crippen LogP) is 3.39. The molecule has 4 heteroatoms. The molecule has 1 N–H and O–H groups in total. The normalized spacial score (nSPS) is 11.6. The van der Waals surface area contributed by atoms with Crippen LogP contribution in [0.1, 0.15) is 17.0 Å². The van der Waals surface area contributed by atoms with E-state index in [1.165, 1.54) is 0 Å². The summed E-state index contributed by atoms with van der Waals surface area (Å²) < 4.78 is 3.23. The first-order valence-electron chi connectivity index (χ1n) is 7.17. The Bertz CT molecular complexity index is 774. The van der Waals surface area contributed by atoms with Crippen LogP contribution < -0.4 is 0 Å². The number of benzene rings is 2. The standard InChI is InChI=1S/C18H18N3O/c1-15-19-11-12-20(15)13-17-7-9-18(10-8-17)21(22)14-16-5-3-2-4-6-16/h2-12,14,22H,13H2,1H3/q+1/b21-14-. The predicted molar refractivity (Wildman–Crippen MR) is 85.8 cm³/mol. The lowest BCUT2D eigenvalue weighted by atomic mass is 10.2. The minimum Gasteiger partial charge on any atom is -0.331 e. The van der Waals surface area contributed by atoms with E-state index in [2.05, 4.69) is 9.55 Å². The zero-order valence-corrected chi connectivity index (χ0v) is 12.4. The van der Waals surface area contributed by atoms with E-state index in [4.69, 9.17) is 0 Å². The Kier molecular flexibility index (Phi) is 4.01. The molecule has 1 heterocycles. The summed E-state index contributed by atoms with van der Waals surface area (Å²) in [6.45, 7) is 2.76. The average molecular weight is 292 g/mol. The topological polar surface area (TPSA) is 41.1 Å². The third kappa shape index (κ3) is 3.23. The molecule has 0 aliphatic rings. The summed E-state index contributed by atoms with van der Waals surface area (Å²) in [5.74, 6) is 0.991. The van der Waals surface area contributed by atoms with Crippen LogP contribution in [0.25, 0.3) is 0 Å². The molecule has 0 bridgehead atoms. The molecular formula is C18H18N3O+. The van der Waals surface area contributed by atoms with Gasteiger partial charge in [0, 0.05) is 41.4 Å². The van der Waals surface area contributed by atoms with Gasteiger partial charge in [-0.25, -0.2) is 4.98 Å². The third-order valence-corrected chi connectivity index (χ3v) is 3.55. The van der Waals surface area contributed by atoms with Crippen molar-refractivity contribution < 1.29 is 9.95 Å². The Balaban J connectivity index is 1.76. The van der Waals surface area contributed by atoms with Crippen molar-refractivity contribution >= 4 is 11.9 Å². The summed E-state index contributed by atoms with van der Waals surface area (Å²) in [5.41, 5.74) is 2.84. The second-order valence-electron chi connectivity index (χ2n) is 5.15. The Morgan fingerprint density at radius 3 is 2.45 bits per heavy atom. The van der Waals surface area contributed by atoms with Crippen molar-refractivity contribution in [2.24, 2.45) is 0 Å². The van der Waals surface area contributed by atoms with Gasteiger partial charge >= 0.3 is 0 Å². The lowest BCUT2D eigenvalue weighted by Crippen LogP contribution is -2.03. The molecule has 0 saturated heterocycles. The van der Waals surface area contributed by atoms with Gasteiger partial charge in [-0.2, -0.15) is 0 Å². The number of aromatic nitrogens is 2. The van der Waals surface area contributed by atoms with E-state index >= 15 is 0 Å². The minimum atomic E-state index is 0.731. The van der Waals surface area contributed by atoms with Crippen molar-refractivity contribution in [3.05, 3.63) is 83.9 Å². The molecule has 3 aromatic rings. The van der Waals surface area contributed by atoms with Crippen molar-refractivity contribution in [1.82, 2.24) is 9.55 Å². The molecule has 4 nitrogen and oxygen atoms in total. The van der Waals surface area contributed by atoms with Crippen LogP contribution in [0.3, 0.4) is 0 Å². The fourth-order valence-electron chi connectivity index (χ4n) is 2.28. The third-order valence-electron chi connectivity index (χ3n) is 3.55. The smallest absolute Gasteiger partial charge is 0.257 e. The molecule has 0 aliphatic carbocycles. The van der Waals surface area contributed by atoms with Gasteiger partial charge in [0.15, 0.2) is 0 Å². The molecule has 3 rings (SSSR count). The van der Waals surface area contributed by atoms with Crippen LogP contribution in [0.2, 0.25) is 0 Å². The molecule has 0 radical (unpaired) electrons. The largest absolute Gasteiger partial charge is 0.331 e. The Hall–Kier alpha value is -2.88. The van der Waals surface area contributed by atoms with E-state index in [0.29, 0.717) is 0 Å². The highest BCUT2D eigenvalue weighted by atomic mass is 16.5. The van der Waals surface area contributed by atoms with Crippen LogP contribution in [0.15, 0.2) is 67.0 Å². The minimum absolute atomic E-state index is 0.731. The molecule has 0 fully saturated rings. The Morgan fingerprint density at radius 1 is 1.09 bits per heavy atom. The van der Waals surface area contributed by atoms with Gasteiger partial charge in [0.25, 0.3) is 5.69 Å². The molecule has 22 heavy (non-hydrogen) atoms. The van der Waals surface area contributed by atoms with Gasteiger partial charge in [0.1, 0.15) is 5.82 Å². The number of imidazole rings is 1. The number of nitrogens with zero attached hydrogens (tertiary/aromatic N) is 3. The molecule has 110 valence electrons. The summed E-state index contributed by atoms with van der Waals surface area (Å²) >= 11 is 0. The molecule has 1 aromatic heterocycles. The SMILES string of the molecule is Cc1nccn1Cc1ccc(/[N+](O)=C/c2ccccc2)cc1. The first-order chi connectivity index (χ1) is 10.7. The second kappa shape index (κ2) is 6.26. The fourth-order valence-corrected chi connectivity index (χ4v) is 2.28. The number of hydrogen-bond acceptors (Lipinski definition) is 2. The van der Waals surface area contributed by atoms with Crippen LogP contribution >= 0.6 is 0 Å². The monoisotopic (exact) mass is 292 g/mol. The summed E-state index contributed by atoms with van der Waals surface area (Å²) in [5, 5.41) is 10.1. The molecule has 2 aromatic carbocycles. The quantitative estimate of drug-likeness (QED) is 0.346. The Morgan fingerprint density at radius 2 is 1.82 bits per heavy atom. The summed E-state index contributed by atoms with van der Waals surface area (Å²) in [4.78, 5) is 4.22. The molecule has 0 saturated carbocycles. The number of rotatable bonds is 4. The van der Waals surface area contributed by atoms with Gasteiger partial charge < -0.3 is 4.57 Å². The van der Waals surface area contributed by atoms with E-state index < -0.39 is 0 Å². The van der Waals surface area contributed by atoms with Crippen LogP contribution in [-0.4, -0.2) is 25.7 Å². The van der Waals surface area contributed by atoms with Crippen LogP contribution in [0, 0.1) is 6.92 Å². The molecule has 0 aliphatic heterocycles. The lowest BCUT2D eigenvalue weighted by molar-refractivity contribution is -0.709. The molecule has 0 unspecified atom stereocenters. The average Bonchev–Trinajstić information content (AvgIpc) is 2.94. The highest BCUT2D eigenvalue weighted by Crippen LogP contribution is 2.13. The molecule has 0 spiro atoms. The van der Waals surface area contributed by atoms with Gasteiger partial charge in [0.2, 0.25) is 6.21 Å². The summed E-state index contributed by atoms with van der Waals surface area (Å²) in [6.07, 6.45) is 5.45. The van der Waals surface area contributed by atoms with Gasteiger partial charge in [-0.1, -0.05) is 30.3 Å². The van der Waals surface area contributed by atoms with Crippen LogP contribution in [0.5, 0.6) is 0 Å². The van der Waals surface area contributed by atoms with E-state index in [1.54, 1.807) is 12.4 Å². The maximum absolute atomic E-state index is 10.1. The van der Waals surface area contributed by atoms with Crippen molar-refractivity contribution in [3.8, 4) is 0 Å².